The number of fused-ring (bicyclic) bond motifs is 1. The van der Waals surface area contributed by atoms with Gasteiger partial charge in [-0.15, -0.1) is 0 Å². The van der Waals surface area contributed by atoms with E-state index >= 15 is 0 Å². The van der Waals surface area contributed by atoms with Gasteiger partial charge in [0.1, 0.15) is 23.7 Å². The molecule has 9 nitrogen and oxygen atoms in total. The number of H-pyrrole nitrogens is 1. The van der Waals surface area contributed by atoms with Crippen LogP contribution < -0.4 is 4.74 Å². The van der Waals surface area contributed by atoms with Crippen LogP contribution in [0.25, 0.3) is 17.1 Å². The number of hydrogen-bond acceptors (Lipinski definition) is 8. The zero-order valence-electron chi connectivity index (χ0n) is 20.2. The summed E-state index contributed by atoms with van der Waals surface area (Å²) in [7, 11) is 3.92. The van der Waals surface area contributed by atoms with Crippen LogP contribution in [-0.2, 0) is 19.1 Å². The summed E-state index contributed by atoms with van der Waals surface area (Å²) in [5.74, 6) is -2.00. The number of ether oxygens (including phenoxy) is 3. The van der Waals surface area contributed by atoms with Crippen molar-refractivity contribution in [1.82, 2.24) is 14.9 Å². The third kappa shape index (κ3) is 5.41. The minimum Gasteiger partial charge on any atom is -0.490 e. The topological polar surface area (TPSA) is 106 Å². The molecule has 2 aromatic heterocycles. The van der Waals surface area contributed by atoms with E-state index in [9.17, 15) is 9.59 Å². The number of aromatic amines is 1. The van der Waals surface area contributed by atoms with Crippen molar-refractivity contribution in [2.45, 2.75) is 13.8 Å². The fraction of sp³-hybridized carbons (Fsp3) is 0.308. The largest absolute Gasteiger partial charge is 0.490 e. The number of nitrogens with zero attached hydrogens (tertiary/aromatic N) is 3. The molecule has 9 heteroatoms. The molecule has 1 aromatic carbocycles. The Bertz CT molecular complexity index is 1310. The van der Waals surface area contributed by atoms with Crippen molar-refractivity contribution in [3.05, 3.63) is 59.6 Å². The van der Waals surface area contributed by atoms with Crippen LogP contribution in [0, 0.1) is 12.8 Å². The number of pyridine rings is 1. The molecule has 4 rings (SSSR count). The lowest BCUT2D eigenvalue weighted by Crippen LogP contribution is -2.27. The molecule has 0 spiro atoms. The summed E-state index contributed by atoms with van der Waals surface area (Å²) in [6, 6.07) is 9.20. The van der Waals surface area contributed by atoms with E-state index in [1.807, 2.05) is 44.1 Å². The van der Waals surface area contributed by atoms with Crippen molar-refractivity contribution in [2.24, 2.45) is 10.9 Å². The number of Topliss-reactive ketones (excluding diaryl/α,β-unsaturated/α-hetero) is 1. The zero-order valence-corrected chi connectivity index (χ0v) is 20.2. The molecule has 1 unspecified atom stereocenters. The molecule has 3 heterocycles. The monoisotopic (exact) mass is 476 g/mol. The predicted octanol–water partition coefficient (Wildman–Crippen LogP) is 3.66. The number of carbonyl (C=O) groups is 2. The number of allylic oxidation sites excluding steroid dienone is 1. The second-order valence-corrected chi connectivity index (χ2v) is 8.38. The smallest absolute Gasteiger partial charge is 0.326 e. The van der Waals surface area contributed by atoms with Gasteiger partial charge in [-0.1, -0.05) is 6.07 Å². The van der Waals surface area contributed by atoms with Crippen LogP contribution in [-0.4, -0.2) is 66.4 Å². The number of carbonyl (C=O) groups excluding carboxylic acids is 2. The maximum atomic E-state index is 13.2. The van der Waals surface area contributed by atoms with Gasteiger partial charge in [0.15, 0.2) is 11.7 Å². The zero-order chi connectivity index (χ0) is 24.9. The van der Waals surface area contributed by atoms with Crippen LogP contribution in [0.5, 0.6) is 5.75 Å². The van der Waals surface area contributed by atoms with Crippen molar-refractivity contribution < 1.29 is 23.8 Å². The Kier molecular flexibility index (Phi) is 7.26. The summed E-state index contributed by atoms with van der Waals surface area (Å²) in [6.45, 7) is 4.93. The standard InChI is InChI=1S/C26H28N4O5/c1-5-33-26(32)22-23(31)21(14-17-15-28-24-18(17)7-6-10-27-24)35-25(22)29-19-9-8-16(2)13-20(19)34-12-11-30(3)4/h6-10,13-15,22H,5,11-12H2,1-4H3,(H,27,28)/b21-14-,29-25?. The van der Waals surface area contributed by atoms with E-state index in [2.05, 4.69) is 15.0 Å². The van der Waals surface area contributed by atoms with Gasteiger partial charge in [-0.2, -0.15) is 0 Å². The van der Waals surface area contributed by atoms with Crippen LogP contribution in [0.3, 0.4) is 0 Å². The Morgan fingerprint density at radius 1 is 1.31 bits per heavy atom. The molecule has 1 aliphatic heterocycles. The molecule has 3 aromatic rings. The van der Waals surface area contributed by atoms with E-state index in [4.69, 9.17) is 14.2 Å². The molecule has 0 amide bonds. The molecule has 35 heavy (non-hydrogen) atoms. The molecule has 0 bridgehead atoms. The molecular weight excluding hydrogens is 448 g/mol. The first kappa shape index (κ1) is 24.2. The number of aliphatic imine (C=N–C) groups is 1. The molecular formula is C26H28N4O5. The number of hydrogen-bond donors (Lipinski definition) is 1. The van der Waals surface area contributed by atoms with Gasteiger partial charge in [-0.25, -0.2) is 9.98 Å². The molecule has 1 N–H and O–H groups in total. The lowest BCUT2D eigenvalue weighted by molar-refractivity contribution is -0.147. The van der Waals surface area contributed by atoms with E-state index in [0.29, 0.717) is 29.3 Å². The molecule has 0 radical (unpaired) electrons. The van der Waals surface area contributed by atoms with Gasteiger partial charge in [0, 0.05) is 29.9 Å². The Morgan fingerprint density at radius 2 is 2.14 bits per heavy atom. The summed E-state index contributed by atoms with van der Waals surface area (Å²) in [5.41, 5.74) is 2.85. The minimum atomic E-state index is -1.29. The lowest BCUT2D eigenvalue weighted by Gasteiger charge is -2.13. The Labute approximate surface area is 203 Å². The summed E-state index contributed by atoms with van der Waals surface area (Å²) in [6.07, 6.45) is 4.99. The Balaban J connectivity index is 1.71. The average Bonchev–Trinajstić information content (AvgIpc) is 3.36. The molecule has 1 fully saturated rings. The van der Waals surface area contributed by atoms with Crippen LogP contribution in [0.15, 0.2) is 53.5 Å². The first-order chi connectivity index (χ1) is 16.9. The number of likely N-dealkylation sites (N-methyl/N-ethyl adjacent to an activating group) is 1. The predicted molar refractivity (Wildman–Crippen MR) is 133 cm³/mol. The van der Waals surface area contributed by atoms with E-state index in [1.54, 1.807) is 37.5 Å². The summed E-state index contributed by atoms with van der Waals surface area (Å²) in [4.78, 5) is 39.8. The Hall–Kier alpha value is -3.98. The molecule has 1 saturated heterocycles. The highest BCUT2D eigenvalue weighted by atomic mass is 16.5. The van der Waals surface area contributed by atoms with Crippen molar-refractivity contribution in [2.75, 3.05) is 33.9 Å². The minimum absolute atomic E-state index is 0.00810. The lowest BCUT2D eigenvalue weighted by atomic mass is 10.0. The van der Waals surface area contributed by atoms with Crippen molar-refractivity contribution in [3.8, 4) is 5.75 Å². The van der Waals surface area contributed by atoms with E-state index in [-0.39, 0.29) is 18.3 Å². The molecule has 0 aliphatic carbocycles. The number of benzene rings is 1. The SMILES string of the molecule is CCOC(=O)C1C(=O)/C(=C/c2c[nH]c3ncccc23)OC1=Nc1ccc(C)cc1OCCN(C)C. The normalized spacial score (nSPS) is 18.0. The third-order valence-electron chi connectivity index (χ3n) is 5.40. The van der Waals surface area contributed by atoms with Gasteiger partial charge in [-0.3, -0.25) is 9.59 Å². The maximum Gasteiger partial charge on any atom is 0.326 e. The van der Waals surface area contributed by atoms with Crippen molar-refractivity contribution in [1.29, 1.82) is 0 Å². The summed E-state index contributed by atoms with van der Waals surface area (Å²) in [5, 5.41) is 0.824. The third-order valence-corrected chi connectivity index (χ3v) is 5.40. The highest BCUT2D eigenvalue weighted by Gasteiger charge is 2.45. The second-order valence-electron chi connectivity index (χ2n) is 8.38. The highest BCUT2D eigenvalue weighted by molar-refractivity contribution is 6.27. The van der Waals surface area contributed by atoms with E-state index in [1.165, 1.54) is 0 Å². The number of aromatic nitrogens is 2. The average molecular weight is 477 g/mol. The first-order valence-electron chi connectivity index (χ1n) is 11.4. The number of aryl methyl sites for hydroxylation is 1. The summed E-state index contributed by atoms with van der Waals surface area (Å²) >= 11 is 0. The van der Waals surface area contributed by atoms with Gasteiger partial charge in [0.25, 0.3) is 0 Å². The van der Waals surface area contributed by atoms with Crippen molar-refractivity contribution in [3.63, 3.8) is 0 Å². The molecule has 1 aliphatic rings. The van der Waals surface area contributed by atoms with Gasteiger partial charge in [0.05, 0.1) is 6.61 Å². The van der Waals surface area contributed by atoms with Crippen molar-refractivity contribution >= 4 is 40.4 Å². The summed E-state index contributed by atoms with van der Waals surface area (Å²) < 4.78 is 17.0. The first-order valence-corrected chi connectivity index (χ1v) is 11.4. The number of nitrogens with one attached hydrogen (secondary N) is 1. The van der Waals surface area contributed by atoms with Gasteiger partial charge in [0.2, 0.25) is 11.7 Å². The number of esters is 1. The Morgan fingerprint density at radius 3 is 2.91 bits per heavy atom. The van der Waals surface area contributed by atoms with E-state index < -0.39 is 17.7 Å². The van der Waals surface area contributed by atoms with Gasteiger partial charge in [-0.05, 0) is 63.8 Å². The van der Waals surface area contributed by atoms with Crippen LogP contribution in [0.2, 0.25) is 0 Å². The maximum absolute atomic E-state index is 13.2. The fourth-order valence-electron chi connectivity index (χ4n) is 3.62. The van der Waals surface area contributed by atoms with Crippen LogP contribution >= 0.6 is 0 Å². The number of rotatable bonds is 8. The molecule has 182 valence electrons. The van der Waals surface area contributed by atoms with Gasteiger partial charge < -0.3 is 24.1 Å². The highest BCUT2D eigenvalue weighted by Crippen LogP contribution is 2.33. The van der Waals surface area contributed by atoms with Gasteiger partial charge >= 0.3 is 5.97 Å². The quantitative estimate of drug-likeness (QED) is 0.300. The van der Waals surface area contributed by atoms with E-state index in [0.717, 1.165) is 17.5 Å². The molecule has 1 atom stereocenters. The van der Waals surface area contributed by atoms with Crippen LogP contribution in [0.1, 0.15) is 18.1 Å². The second kappa shape index (κ2) is 10.5. The fourth-order valence-corrected chi connectivity index (χ4v) is 3.62. The molecule has 0 saturated carbocycles. The van der Waals surface area contributed by atoms with Crippen LogP contribution in [0.4, 0.5) is 5.69 Å². The number of ketones is 1.